The highest BCUT2D eigenvalue weighted by atomic mass is 32.2. The molecule has 0 aliphatic heterocycles. The Morgan fingerprint density at radius 2 is 1.84 bits per heavy atom. The fourth-order valence-electron chi connectivity index (χ4n) is 3.50. The van der Waals surface area contributed by atoms with E-state index in [1.165, 1.54) is 17.3 Å². The standard InChI is InChI=1S/C24H28N2O4S/c1-16-10-12-19(13-11-16)25-23(28)15-31-17(2)24(29)30-14-22(27)26-21-9-5-7-18-6-3-4-8-20(18)21/h3-4,6,8,10-13,17,21H,5,7,9,14-15H2,1-2H3,(H,25,28)(H,26,27). The number of nitrogens with one attached hydrogen (secondary N) is 2. The second-order valence-corrected chi connectivity index (χ2v) is 9.02. The number of carbonyl (C=O) groups is 3. The molecule has 0 radical (unpaired) electrons. The summed E-state index contributed by atoms with van der Waals surface area (Å²) in [6, 6.07) is 15.5. The van der Waals surface area contributed by atoms with Crippen LogP contribution in [0, 0.1) is 6.92 Å². The van der Waals surface area contributed by atoms with Gasteiger partial charge >= 0.3 is 5.97 Å². The van der Waals surface area contributed by atoms with E-state index in [0.717, 1.165) is 30.4 Å². The highest BCUT2D eigenvalue weighted by Gasteiger charge is 2.23. The van der Waals surface area contributed by atoms with Crippen LogP contribution in [-0.2, 0) is 25.5 Å². The summed E-state index contributed by atoms with van der Waals surface area (Å²) in [5.74, 6) is -0.895. The third kappa shape index (κ3) is 6.85. The molecule has 7 heteroatoms. The van der Waals surface area contributed by atoms with Gasteiger partial charge in [0.15, 0.2) is 6.61 Å². The van der Waals surface area contributed by atoms with Crippen molar-refractivity contribution in [3.05, 3.63) is 65.2 Å². The Bertz CT molecular complexity index is 929. The fourth-order valence-corrected chi connectivity index (χ4v) is 4.17. The third-order valence-corrected chi connectivity index (χ3v) is 6.30. The minimum absolute atomic E-state index is 0.0478. The molecule has 0 saturated heterocycles. The normalized spacial score (nSPS) is 16.0. The van der Waals surface area contributed by atoms with Gasteiger partial charge in [0.2, 0.25) is 5.91 Å². The van der Waals surface area contributed by atoms with E-state index >= 15 is 0 Å². The Labute approximate surface area is 187 Å². The molecule has 2 aromatic rings. The first-order chi connectivity index (χ1) is 14.9. The van der Waals surface area contributed by atoms with Crippen LogP contribution in [0.25, 0.3) is 0 Å². The van der Waals surface area contributed by atoms with Gasteiger partial charge in [-0.3, -0.25) is 14.4 Å². The molecule has 164 valence electrons. The van der Waals surface area contributed by atoms with Crippen LogP contribution >= 0.6 is 11.8 Å². The van der Waals surface area contributed by atoms with E-state index < -0.39 is 11.2 Å². The van der Waals surface area contributed by atoms with E-state index in [1.807, 2.05) is 49.4 Å². The number of hydrogen-bond acceptors (Lipinski definition) is 5. The number of rotatable bonds is 8. The zero-order chi connectivity index (χ0) is 22.2. The molecule has 2 unspecified atom stereocenters. The van der Waals surface area contributed by atoms with Gasteiger partial charge in [0, 0.05) is 5.69 Å². The molecule has 2 N–H and O–H groups in total. The van der Waals surface area contributed by atoms with Crippen molar-refractivity contribution >= 4 is 35.2 Å². The van der Waals surface area contributed by atoms with Crippen molar-refractivity contribution in [3.63, 3.8) is 0 Å². The summed E-state index contributed by atoms with van der Waals surface area (Å²) >= 11 is 1.17. The molecule has 31 heavy (non-hydrogen) atoms. The lowest BCUT2D eigenvalue weighted by molar-refractivity contribution is -0.147. The monoisotopic (exact) mass is 440 g/mol. The average molecular weight is 441 g/mol. The van der Waals surface area contributed by atoms with Gasteiger partial charge in [0.05, 0.1) is 11.8 Å². The molecule has 1 aliphatic rings. The maximum Gasteiger partial charge on any atom is 0.319 e. The lowest BCUT2D eigenvalue weighted by Gasteiger charge is -2.26. The maximum absolute atomic E-state index is 12.3. The van der Waals surface area contributed by atoms with Gasteiger partial charge in [-0.2, -0.15) is 0 Å². The Morgan fingerprint density at radius 3 is 2.61 bits per heavy atom. The molecule has 2 atom stereocenters. The molecule has 1 aliphatic carbocycles. The number of hydrogen-bond donors (Lipinski definition) is 2. The van der Waals surface area contributed by atoms with E-state index in [-0.39, 0.29) is 30.2 Å². The Morgan fingerprint density at radius 1 is 1.10 bits per heavy atom. The lowest BCUT2D eigenvalue weighted by atomic mass is 9.88. The van der Waals surface area contributed by atoms with Crippen molar-refractivity contribution in [1.82, 2.24) is 5.32 Å². The number of anilines is 1. The zero-order valence-electron chi connectivity index (χ0n) is 17.9. The van der Waals surface area contributed by atoms with E-state index in [1.54, 1.807) is 6.92 Å². The first kappa shape index (κ1) is 22.9. The molecule has 6 nitrogen and oxygen atoms in total. The highest BCUT2D eigenvalue weighted by Crippen LogP contribution is 2.29. The predicted octanol–water partition coefficient (Wildman–Crippen LogP) is 3.79. The topological polar surface area (TPSA) is 84.5 Å². The van der Waals surface area contributed by atoms with Crippen LogP contribution in [0.4, 0.5) is 5.69 Å². The van der Waals surface area contributed by atoms with Crippen molar-refractivity contribution < 1.29 is 19.1 Å². The lowest BCUT2D eigenvalue weighted by Crippen LogP contribution is -2.35. The van der Waals surface area contributed by atoms with Crippen molar-refractivity contribution in [1.29, 1.82) is 0 Å². The van der Waals surface area contributed by atoms with E-state index in [0.29, 0.717) is 5.69 Å². The molecule has 0 spiro atoms. The number of aryl methyl sites for hydroxylation is 2. The predicted molar refractivity (Wildman–Crippen MR) is 123 cm³/mol. The molecule has 0 heterocycles. The van der Waals surface area contributed by atoms with Gasteiger partial charge in [-0.05, 0) is 56.4 Å². The van der Waals surface area contributed by atoms with Crippen LogP contribution < -0.4 is 10.6 Å². The summed E-state index contributed by atoms with van der Waals surface area (Å²) in [5, 5.41) is 5.21. The quantitative estimate of drug-likeness (QED) is 0.610. The first-order valence-electron chi connectivity index (χ1n) is 10.4. The molecule has 0 fully saturated rings. The van der Waals surface area contributed by atoms with Gasteiger partial charge in [0.1, 0.15) is 5.25 Å². The van der Waals surface area contributed by atoms with Crippen molar-refractivity contribution in [2.24, 2.45) is 0 Å². The molecular weight excluding hydrogens is 412 g/mol. The number of fused-ring (bicyclic) bond motifs is 1. The van der Waals surface area contributed by atoms with Crippen LogP contribution in [0.5, 0.6) is 0 Å². The Hall–Kier alpha value is -2.80. The fraction of sp³-hybridized carbons (Fsp3) is 0.375. The molecule has 0 aromatic heterocycles. The van der Waals surface area contributed by atoms with Crippen molar-refractivity contribution in [3.8, 4) is 0 Å². The van der Waals surface area contributed by atoms with Crippen LogP contribution in [0.15, 0.2) is 48.5 Å². The molecule has 2 aromatic carbocycles. The third-order valence-electron chi connectivity index (χ3n) is 5.18. The van der Waals surface area contributed by atoms with Gasteiger partial charge < -0.3 is 15.4 Å². The number of amides is 2. The minimum atomic E-state index is -0.549. The van der Waals surface area contributed by atoms with Gasteiger partial charge in [-0.1, -0.05) is 42.0 Å². The minimum Gasteiger partial charge on any atom is -0.455 e. The summed E-state index contributed by atoms with van der Waals surface area (Å²) in [6.07, 6.45) is 2.91. The molecule has 3 rings (SSSR count). The number of carbonyl (C=O) groups excluding carboxylic acids is 3. The second kappa shape index (κ2) is 11.0. The van der Waals surface area contributed by atoms with Crippen LogP contribution in [0.1, 0.15) is 42.5 Å². The number of ether oxygens (including phenoxy) is 1. The number of esters is 1. The van der Waals surface area contributed by atoms with Crippen molar-refractivity contribution in [2.75, 3.05) is 17.7 Å². The highest BCUT2D eigenvalue weighted by molar-refractivity contribution is 8.01. The summed E-state index contributed by atoms with van der Waals surface area (Å²) < 4.78 is 5.16. The zero-order valence-corrected chi connectivity index (χ0v) is 18.7. The van der Waals surface area contributed by atoms with Gasteiger partial charge in [0.25, 0.3) is 5.91 Å². The van der Waals surface area contributed by atoms with E-state index in [9.17, 15) is 14.4 Å². The second-order valence-electron chi connectivity index (χ2n) is 7.69. The number of thioether (sulfide) groups is 1. The maximum atomic E-state index is 12.3. The summed E-state index contributed by atoms with van der Waals surface area (Å²) in [4.78, 5) is 36.5. The smallest absolute Gasteiger partial charge is 0.319 e. The Kier molecular flexibility index (Phi) is 8.12. The summed E-state index contributed by atoms with van der Waals surface area (Å²) in [5.41, 5.74) is 4.22. The average Bonchev–Trinajstić information content (AvgIpc) is 2.77. The summed E-state index contributed by atoms with van der Waals surface area (Å²) in [6.45, 7) is 3.32. The molecular formula is C24H28N2O4S. The SMILES string of the molecule is Cc1ccc(NC(=O)CSC(C)C(=O)OCC(=O)NC2CCCc3ccccc32)cc1. The van der Waals surface area contributed by atoms with Crippen LogP contribution in [0.2, 0.25) is 0 Å². The molecule has 2 amide bonds. The largest absolute Gasteiger partial charge is 0.455 e. The van der Waals surface area contributed by atoms with Crippen molar-refractivity contribution in [2.45, 2.75) is 44.4 Å². The number of benzene rings is 2. The Balaban J connectivity index is 1.38. The molecule has 0 bridgehead atoms. The van der Waals surface area contributed by atoms with Crippen LogP contribution in [-0.4, -0.2) is 35.4 Å². The molecule has 0 saturated carbocycles. The first-order valence-corrected chi connectivity index (χ1v) is 11.5. The van der Waals surface area contributed by atoms with Gasteiger partial charge in [-0.15, -0.1) is 11.8 Å². The van der Waals surface area contributed by atoms with E-state index in [2.05, 4.69) is 16.7 Å². The van der Waals surface area contributed by atoms with Crippen LogP contribution in [0.3, 0.4) is 0 Å². The van der Waals surface area contributed by atoms with E-state index in [4.69, 9.17) is 4.74 Å². The van der Waals surface area contributed by atoms with Gasteiger partial charge in [-0.25, -0.2) is 0 Å². The summed E-state index contributed by atoms with van der Waals surface area (Å²) in [7, 11) is 0.